The summed E-state index contributed by atoms with van der Waals surface area (Å²) in [4.78, 5) is 26.4. The number of hydrogen-bond acceptors (Lipinski definition) is 2. The van der Waals surface area contributed by atoms with E-state index in [1.807, 2.05) is 26.0 Å². The summed E-state index contributed by atoms with van der Waals surface area (Å²) in [5.41, 5.74) is 0.792. The second-order valence-corrected chi connectivity index (χ2v) is 8.36. The number of halogens is 3. The molecule has 0 bridgehead atoms. The average molecular weight is 442 g/mol. The van der Waals surface area contributed by atoms with Crippen molar-refractivity contribution < 1.29 is 9.59 Å². The lowest BCUT2D eigenvalue weighted by Crippen LogP contribution is -2.46. The van der Waals surface area contributed by atoms with Crippen LogP contribution in [0.1, 0.15) is 31.9 Å². The molecule has 0 atom stereocenters. The molecule has 0 aliphatic heterocycles. The topological polar surface area (TPSA) is 49.4 Å². The SMILES string of the molecule is CC(=O)NCCN(Cc1ccc(Cl)cc1Cl)C(=O)C(C)(C)c1cccc(Cl)c1. The smallest absolute Gasteiger partial charge is 0.233 e. The first kappa shape index (κ1) is 22.5. The summed E-state index contributed by atoms with van der Waals surface area (Å²) in [7, 11) is 0. The van der Waals surface area contributed by atoms with Crippen LogP contribution in [0.5, 0.6) is 0 Å². The van der Waals surface area contributed by atoms with E-state index >= 15 is 0 Å². The predicted octanol–water partition coefficient (Wildman–Crippen LogP) is 5.09. The maximum absolute atomic E-state index is 13.4. The summed E-state index contributed by atoms with van der Waals surface area (Å²) in [6.07, 6.45) is 0. The van der Waals surface area contributed by atoms with Crippen molar-refractivity contribution in [1.82, 2.24) is 10.2 Å². The molecule has 150 valence electrons. The van der Waals surface area contributed by atoms with E-state index in [2.05, 4.69) is 5.32 Å². The molecule has 2 aromatic rings. The van der Waals surface area contributed by atoms with Crippen LogP contribution in [0.15, 0.2) is 42.5 Å². The molecule has 28 heavy (non-hydrogen) atoms. The highest BCUT2D eigenvalue weighted by Gasteiger charge is 2.34. The molecule has 0 heterocycles. The fourth-order valence-electron chi connectivity index (χ4n) is 2.87. The van der Waals surface area contributed by atoms with Gasteiger partial charge in [-0.25, -0.2) is 0 Å². The predicted molar refractivity (Wildman–Crippen MR) is 115 cm³/mol. The van der Waals surface area contributed by atoms with Crippen LogP contribution in [0.4, 0.5) is 0 Å². The molecular formula is C21H23Cl3N2O2. The number of amides is 2. The lowest BCUT2D eigenvalue weighted by molar-refractivity contribution is -0.137. The van der Waals surface area contributed by atoms with E-state index < -0.39 is 5.41 Å². The Labute approximate surface area is 180 Å². The van der Waals surface area contributed by atoms with Crippen molar-refractivity contribution in [2.24, 2.45) is 0 Å². The van der Waals surface area contributed by atoms with E-state index in [9.17, 15) is 9.59 Å². The Morgan fingerprint density at radius 3 is 2.32 bits per heavy atom. The van der Waals surface area contributed by atoms with Crippen molar-refractivity contribution in [2.75, 3.05) is 13.1 Å². The first-order valence-corrected chi connectivity index (χ1v) is 9.98. The Balaban J connectivity index is 2.30. The first-order chi connectivity index (χ1) is 13.1. The van der Waals surface area contributed by atoms with E-state index in [0.717, 1.165) is 11.1 Å². The zero-order valence-electron chi connectivity index (χ0n) is 16.1. The van der Waals surface area contributed by atoms with Gasteiger partial charge in [0.15, 0.2) is 0 Å². The monoisotopic (exact) mass is 440 g/mol. The molecule has 0 fully saturated rings. The molecule has 0 aliphatic carbocycles. The molecule has 0 saturated heterocycles. The van der Waals surface area contributed by atoms with Gasteiger partial charge in [0, 0.05) is 41.6 Å². The third kappa shape index (κ3) is 5.87. The van der Waals surface area contributed by atoms with Gasteiger partial charge < -0.3 is 10.2 Å². The van der Waals surface area contributed by atoms with Crippen LogP contribution in [0.3, 0.4) is 0 Å². The molecule has 7 heteroatoms. The standard InChI is InChI=1S/C21H23Cl3N2O2/c1-14(27)25-9-10-26(13-15-7-8-18(23)12-19(15)24)20(28)21(2,3)16-5-4-6-17(22)11-16/h4-8,11-12H,9-10,13H2,1-3H3,(H,25,27). The fourth-order valence-corrected chi connectivity index (χ4v) is 3.53. The maximum atomic E-state index is 13.4. The average Bonchev–Trinajstić information content (AvgIpc) is 2.62. The summed E-state index contributed by atoms with van der Waals surface area (Å²) in [5, 5.41) is 4.33. The summed E-state index contributed by atoms with van der Waals surface area (Å²) in [5.74, 6) is -0.239. The molecule has 0 radical (unpaired) electrons. The lowest BCUT2D eigenvalue weighted by atomic mass is 9.83. The zero-order valence-corrected chi connectivity index (χ0v) is 18.3. The third-order valence-corrected chi connectivity index (χ3v) is 5.32. The van der Waals surface area contributed by atoms with E-state index in [1.54, 1.807) is 35.2 Å². The molecule has 0 unspecified atom stereocenters. The number of nitrogens with zero attached hydrogens (tertiary/aromatic N) is 1. The maximum Gasteiger partial charge on any atom is 0.233 e. The van der Waals surface area contributed by atoms with E-state index in [0.29, 0.717) is 34.7 Å². The lowest BCUT2D eigenvalue weighted by Gasteiger charge is -2.33. The minimum Gasteiger partial charge on any atom is -0.355 e. The Morgan fingerprint density at radius 1 is 1.04 bits per heavy atom. The number of carbonyl (C=O) groups excluding carboxylic acids is 2. The van der Waals surface area contributed by atoms with Gasteiger partial charge in [-0.3, -0.25) is 9.59 Å². The van der Waals surface area contributed by atoms with Gasteiger partial charge in [0.1, 0.15) is 0 Å². The Bertz CT molecular complexity index is 868. The number of rotatable bonds is 7. The second-order valence-electron chi connectivity index (χ2n) is 7.08. The van der Waals surface area contributed by atoms with Gasteiger partial charge in [-0.05, 0) is 49.2 Å². The van der Waals surface area contributed by atoms with Gasteiger partial charge in [0.25, 0.3) is 0 Å². The molecule has 0 saturated carbocycles. The Morgan fingerprint density at radius 2 is 1.71 bits per heavy atom. The van der Waals surface area contributed by atoms with Crippen molar-refractivity contribution in [1.29, 1.82) is 0 Å². The summed E-state index contributed by atoms with van der Waals surface area (Å²) >= 11 is 18.4. The highest BCUT2D eigenvalue weighted by atomic mass is 35.5. The molecule has 2 amide bonds. The van der Waals surface area contributed by atoms with Crippen LogP contribution in [0, 0.1) is 0 Å². The van der Waals surface area contributed by atoms with Crippen molar-refractivity contribution in [3.05, 3.63) is 68.7 Å². The van der Waals surface area contributed by atoms with Crippen LogP contribution in [-0.4, -0.2) is 29.8 Å². The molecule has 1 N–H and O–H groups in total. The number of hydrogen-bond donors (Lipinski definition) is 1. The van der Waals surface area contributed by atoms with Crippen molar-refractivity contribution in [3.8, 4) is 0 Å². The normalized spacial score (nSPS) is 11.2. The van der Waals surface area contributed by atoms with Crippen molar-refractivity contribution in [2.45, 2.75) is 32.7 Å². The molecule has 0 spiro atoms. The quantitative estimate of drug-likeness (QED) is 0.650. The van der Waals surface area contributed by atoms with E-state index in [1.165, 1.54) is 6.92 Å². The van der Waals surface area contributed by atoms with Crippen molar-refractivity contribution in [3.63, 3.8) is 0 Å². The molecular weight excluding hydrogens is 419 g/mol. The molecule has 2 aromatic carbocycles. The fraction of sp³-hybridized carbons (Fsp3) is 0.333. The van der Waals surface area contributed by atoms with Gasteiger partial charge >= 0.3 is 0 Å². The summed E-state index contributed by atoms with van der Waals surface area (Å²) < 4.78 is 0. The third-order valence-electron chi connectivity index (χ3n) is 4.50. The van der Waals surface area contributed by atoms with Gasteiger partial charge in [-0.15, -0.1) is 0 Å². The van der Waals surface area contributed by atoms with E-state index in [4.69, 9.17) is 34.8 Å². The van der Waals surface area contributed by atoms with Crippen LogP contribution in [0.2, 0.25) is 15.1 Å². The van der Waals surface area contributed by atoms with Crippen molar-refractivity contribution >= 4 is 46.6 Å². The highest BCUT2D eigenvalue weighted by molar-refractivity contribution is 6.35. The second kappa shape index (κ2) is 9.64. The first-order valence-electron chi connectivity index (χ1n) is 8.85. The molecule has 4 nitrogen and oxygen atoms in total. The summed E-state index contributed by atoms with van der Waals surface area (Å²) in [6.45, 7) is 6.15. The Kier molecular flexibility index (Phi) is 7.76. The van der Waals surface area contributed by atoms with Crippen LogP contribution < -0.4 is 5.32 Å². The molecule has 2 rings (SSSR count). The number of nitrogens with one attached hydrogen (secondary N) is 1. The van der Waals surface area contributed by atoms with Gasteiger partial charge in [-0.2, -0.15) is 0 Å². The largest absolute Gasteiger partial charge is 0.355 e. The van der Waals surface area contributed by atoms with Gasteiger partial charge in [0.05, 0.1) is 5.41 Å². The van der Waals surface area contributed by atoms with Crippen LogP contribution in [0.25, 0.3) is 0 Å². The van der Waals surface area contributed by atoms with Crippen LogP contribution >= 0.6 is 34.8 Å². The van der Waals surface area contributed by atoms with Crippen LogP contribution in [-0.2, 0) is 21.5 Å². The Hall–Kier alpha value is -1.75. The minimum atomic E-state index is -0.806. The van der Waals surface area contributed by atoms with Gasteiger partial charge in [0.2, 0.25) is 11.8 Å². The number of carbonyl (C=O) groups is 2. The minimum absolute atomic E-state index is 0.0915. The van der Waals surface area contributed by atoms with E-state index in [-0.39, 0.29) is 11.8 Å². The summed E-state index contributed by atoms with van der Waals surface area (Å²) in [6, 6.07) is 12.5. The molecule has 0 aromatic heterocycles. The highest BCUT2D eigenvalue weighted by Crippen LogP contribution is 2.29. The number of benzene rings is 2. The molecule has 0 aliphatic rings. The zero-order chi connectivity index (χ0) is 20.9. The van der Waals surface area contributed by atoms with Gasteiger partial charge in [-0.1, -0.05) is 53.0 Å².